The van der Waals surface area contributed by atoms with Gasteiger partial charge in [0.15, 0.2) is 0 Å². The van der Waals surface area contributed by atoms with Crippen LogP contribution in [0.3, 0.4) is 0 Å². The van der Waals surface area contributed by atoms with Gasteiger partial charge in [-0.25, -0.2) is 4.79 Å². The zero-order chi connectivity index (χ0) is 35.3. The first-order valence-electron chi connectivity index (χ1n) is 19.7. The molecule has 0 bridgehead atoms. The van der Waals surface area contributed by atoms with Crippen LogP contribution in [0.5, 0.6) is 0 Å². The summed E-state index contributed by atoms with van der Waals surface area (Å²) in [6, 6.07) is 29.9. The number of aryl methyl sites for hydroxylation is 3. The maximum absolute atomic E-state index is 13.9. The van der Waals surface area contributed by atoms with E-state index >= 15 is 0 Å². The van der Waals surface area contributed by atoms with Crippen molar-refractivity contribution in [3.8, 4) is 0 Å². The second-order valence-electron chi connectivity index (χ2n) is 14.2. The molecule has 0 spiro atoms. The Labute approximate surface area is 302 Å². The monoisotopic (exact) mass is 672 g/mol. The van der Waals surface area contributed by atoms with Crippen LogP contribution in [-0.2, 0) is 36.1 Å². The number of carbonyl (C=O) groups is 1. The number of nitrogen functional groups attached to an aromatic ring is 1. The third-order valence-electron chi connectivity index (χ3n) is 10.6. The van der Waals surface area contributed by atoms with Gasteiger partial charge in [-0.2, -0.15) is 0 Å². The molecule has 4 nitrogen and oxygen atoms in total. The van der Waals surface area contributed by atoms with Gasteiger partial charge in [-0.1, -0.05) is 147 Å². The number of fused-ring (bicyclic) bond motifs is 1. The molecule has 1 heterocycles. The normalized spacial score (nSPS) is 15.2. The summed E-state index contributed by atoms with van der Waals surface area (Å²) in [7, 11) is 0. The van der Waals surface area contributed by atoms with Gasteiger partial charge >= 0.3 is 5.97 Å². The van der Waals surface area contributed by atoms with Gasteiger partial charge in [0.2, 0.25) is 5.72 Å². The van der Waals surface area contributed by atoms with E-state index in [1.807, 2.05) is 24.3 Å². The molecule has 50 heavy (non-hydrogen) atoms. The lowest BCUT2D eigenvalue weighted by molar-refractivity contribution is 0.0136. The highest BCUT2D eigenvalue weighted by Crippen LogP contribution is 2.52. The Morgan fingerprint density at radius 2 is 1.10 bits per heavy atom. The summed E-state index contributed by atoms with van der Waals surface area (Å²) < 4.78 is 6.72. The third-order valence-corrected chi connectivity index (χ3v) is 10.6. The van der Waals surface area contributed by atoms with E-state index in [4.69, 9.17) is 10.5 Å². The molecular formula is C46H60N2O2. The Kier molecular flexibility index (Phi) is 13.6. The molecule has 0 saturated heterocycles. The molecule has 1 aliphatic rings. The first-order valence-corrected chi connectivity index (χ1v) is 19.7. The number of ether oxygens (including phenoxy) is 1. The summed E-state index contributed by atoms with van der Waals surface area (Å²) in [5.41, 5.74) is 15.7. The van der Waals surface area contributed by atoms with Crippen molar-refractivity contribution in [2.45, 2.75) is 136 Å². The van der Waals surface area contributed by atoms with E-state index in [9.17, 15) is 4.79 Å². The summed E-state index contributed by atoms with van der Waals surface area (Å²) in [5.74, 6) is -0.331. The van der Waals surface area contributed by atoms with Crippen molar-refractivity contribution in [2.24, 2.45) is 0 Å². The minimum atomic E-state index is -1.28. The molecule has 0 aliphatic carbocycles. The van der Waals surface area contributed by atoms with Gasteiger partial charge in [0.1, 0.15) is 0 Å². The average Bonchev–Trinajstić information content (AvgIpc) is 3.44. The molecule has 0 aromatic heterocycles. The van der Waals surface area contributed by atoms with E-state index in [0.717, 1.165) is 53.7 Å². The fourth-order valence-electron chi connectivity index (χ4n) is 7.80. The second kappa shape index (κ2) is 18.3. The van der Waals surface area contributed by atoms with Crippen LogP contribution in [0.15, 0.2) is 84.9 Å². The molecule has 4 heteroatoms. The molecule has 0 radical (unpaired) electrons. The Morgan fingerprint density at radius 3 is 1.62 bits per heavy atom. The third kappa shape index (κ3) is 8.28. The summed E-state index contributed by atoms with van der Waals surface area (Å²) in [6.45, 7) is 8.85. The van der Waals surface area contributed by atoms with Crippen LogP contribution in [0.25, 0.3) is 0 Å². The summed E-state index contributed by atoms with van der Waals surface area (Å²) in [5, 5.41) is 0. The van der Waals surface area contributed by atoms with Crippen molar-refractivity contribution in [3.63, 3.8) is 0 Å². The number of nitrogens with two attached hydrogens (primary N) is 1. The average molecular weight is 673 g/mol. The maximum Gasteiger partial charge on any atom is 0.341 e. The van der Waals surface area contributed by atoms with Gasteiger partial charge in [0.05, 0.1) is 5.56 Å². The zero-order valence-electron chi connectivity index (χ0n) is 31.2. The number of carbonyl (C=O) groups excluding carboxylic acids is 1. The van der Waals surface area contributed by atoms with Crippen molar-refractivity contribution in [1.29, 1.82) is 0 Å². The number of hydrogen-bond acceptors (Lipinski definition) is 4. The van der Waals surface area contributed by atoms with Crippen LogP contribution in [0.4, 0.5) is 17.1 Å². The zero-order valence-corrected chi connectivity index (χ0v) is 31.2. The van der Waals surface area contributed by atoms with Gasteiger partial charge in [-0.3, -0.25) is 4.90 Å². The van der Waals surface area contributed by atoms with Gasteiger partial charge in [-0.05, 0) is 91.1 Å². The van der Waals surface area contributed by atoms with Crippen LogP contribution in [0, 0.1) is 0 Å². The number of rotatable bonds is 20. The van der Waals surface area contributed by atoms with Crippen molar-refractivity contribution in [1.82, 2.24) is 0 Å². The molecule has 0 amide bonds. The Morgan fingerprint density at radius 1 is 0.580 bits per heavy atom. The van der Waals surface area contributed by atoms with Crippen LogP contribution >= 0.6 is 0 Å². The van der Waals surface area contributed by atoms with E-state index < -0.39 is 5.72 Å². The lowest BCUT2D eigenvalue weighted by Gasteiger charge is -2.43. The first kappa shape index (κ1) is 37.2. The van der Waals surface area contributed by atoms with Crippen LogP contribution < -0.4 is 10.6 Å². The molecular weight excluding hydrogens is 613 g/mol. The molecule has 5 rings (SSSR count). The predicted molar refractivity (Wildman–Crippen MR) is 211 cm³/mol. The molecule has 266 valence electrons. The van der Waals surface area contributed by atoms with Crippen LogP contribution in [0.2, 0.25) is 0 Å². The molecule has 1 aliphatic heterocycles. The quantitative estimate of drug-likeness (QED) is 0.0577. The maximum atomic E-state index is 13.9. The number of cyclic esters (lactones) is 1. The largest absolute Gasteiger partial charge is 0.426 e. The van der Waals surface area contributed by atoms with Crippen LogP contribution in [-0.4, -0.2) is 5.97 Å². The number of anilines is 3. The van der Waals surface area contributed by atoms with Crippen LogP contribution in [0.1, 0.15) is 148 Å². The van der Waals surface area contributed by atoms with E-state index in [1.54, 1.807) is 0 Å². The smallest absolute Gasteiger partial charge is 0.341 e. The van der Waals surface area contributed by atoms with Crippen molar-refractivity contribution < 1.29 is 9.53 Å². The molecule has 1 atom stereocenters. The van der Waals surface area contributed by atoms with Crippen molar-refractivity contribution in [2.75, 3.05) is 10.6 Å². The van der Waals surface area contributed by atoms with Gasteiger partial charge < -0.3 is 10.5 Å². The fraction of sp³-hybridized carbons (Fsp3) is 0.457. The number of nitrogens with zero attached hydrogens (tertiary/aromatic N) is 1. The first-order chi connectivity index (χ1) is 24.5. The lowest BCUT2D eigenvalue weighted by atomic mass is 9.85. The summed E-state index contributed by atoms with van der Waals surface area (Å²) >= 11 is 0. The van der Waals surface area contributed by atoms with E-state index in [1.165, 1.54) is 93.7 Å². The highest BCUT2D eigenvalue weighted by Gasteiger charge is 2.53. The Balaban J connectivity index is 1.58. The SMILES string of the molecule is CCCCCCCCc1ccc(N(c2ccc(CCCCCCCC)cc2)C2(c3ccc(CC)c(CC)c3N)OC(=O)c3ccccc32)cc1. The minimum Gasteiger partial charge on any atom is -0.426 e. The summed E-state index contributed by atoms with van der Waals surface area (Å²) in [4.78, 5) is 16.1. The molecule has 0 fully saturated rings. The van der Waals surface area contributed by atoms with Gasteiger partial charge in [-0.15, -0.1) is 0 Å². The number of esters is 1. The molecule has 0 saturated carbocycles. The Hall–Kier alpha value is -4.05. The summed E-state index contributed by atoms with van der Waals surface area (Å²) in [6.07, 6.45) is 19.2. The molecule has 4 aromatic carbocycles. The highest BCUT2D eigenvalue weighted by atomic mass is 16.6. The molecule has 2 N–H and O–H groups in total. The Bertz CT molecular complexity index is 1600. The number of unbranched alkanes of at least 4 members (excludes halogenated alkanes) is 10. The number of hydrogen-bond donors (Lipinski definition) is 1. The minimum absolute atomic E-state index is 0.331. The predicted octanol–water partition coefficient (Wildman–Crippen LogP) is 12.4. The van der Waals surface area contributed by atoms with E-state index in [-0.39, 0.29) is 5.97 Å². The standard InChI is InChI=1S/C46H60N2O2/c1-5-9-11-13-15-17-21-35-25-30-38(31-26-35)48(39-32-27-36(28-33-39)22-18-16-14-12-10-6-2)46(42-24-20-19-23-41(42)45(49)50-46)43-34-29-37(7-3)40(8-4)44(43)47/h19-20,23-34H,5-18,21-22,47H2,1-4H3. The van der Waals surface area contributed by atoms with E-state index in [2.05, 4.69) is 93.3 Å². The topological polar surface area (TPSA) is 55.6 Å². The second-order valence-corrected chi connectivity index (χ2v) is 14.2. The van der Waals surface area contributed by atoms with Gasteiger partial charge in [0, 0.05) is 28.2 Å². The van der Waals surface area contributed by atoms with Crippen molar-refractivity contribution >= 4 is 23.0 Å². The van der Waals surface area contributed by atoms with Crippen molar-refractivity contribution in [3.05, 3.63) is 124 Å². The number of benzene rings is 4. The highest BCUT2D eigenvalue weighted by molar-refractivity contribution is 5.97. The fourth-order valence-corrected chi connectivity index (χ4v) is 7.80. The lowest BCUT2D eigenvalue weighted by Crippen LogP contribution is -2.45. The van der Waals surface area contributed by atoms with Gasteiger partial charge in [0.25, 0.3) is 0 Å². The molecule has 1 unspecified atom stereocenters. The molecule has 4 aromatic rings. The van der Waals surface area contributed by atoms with E-state index in [0.29, 0.717) is 11.3 Å².